The SMILES string of the molecule is CC1CCCC(C2CCC(SC#N)CC2)CC1. The van der Waals surface area contributed by atoms with E-state index in [1.807, 2.05) is 0 Å². The zero-order chi connectivity index (χ0) is 12.1. The highest BCUT2D eigenvalue weighted by Gasteiger charge is 2.28. The number of hydrogen-bond donors (Lipinski definition) is 0. The number of rotatable bonds is 2. The van der Waals surface area contributed by atoms with Gasteiger partial charge in [-0.2, -0.15) is 5.26 Å². The van der Waals surface area contributed by atoms with E-state index in [0.29, 0.717) is 5.25 Å². The summed E-state index contributed by atoms with van der Waals surface area (Å²) in [5.41, 5.74) is 0. The van der Waals surface area contributed by atoms with E-state index < -0.39 is 0 Å². The van der Waals surface area contributed by atoms with E-state index in [4.69, 9.17) is 5.26 Å². The second-order valence-corrected chi connectivity index (χ2v) is 7.20. The second-order valence-electron chi connectivity index (χ2n) is 6.12. The quantitative estimate of drug-likeness (QED) is 0.510. The van der Waals surface area contributed by atoms with E-state index in [9.17, 15) is 0 Å². The molecule has 1 nitrogen and oxygen atoms in total. The highest BCUT2D eigenvalue weighted by Crippen LogP contribution is 2.40. The molecular formula is C15H25NS. The summed E-state index contributed by atoms with van der Waals surface area (Å²) in [7, 11) is 0. The molecule has 0 radical (unpaired) electrons. The lowest BCUT2D eigenvalue weighted by Crippen LogP contribution is -2.22. The van der Waals surface area contributed by atoms with Crippen molar-refractivity contribution in [2.75, 3.05) is 0 Å². The Hall–Kier alpha value is -0.160. The van der Waals surface area contributed by atoms with Gasteiger partial charge in [-0.05, 0) is 61.6 Å². The molecule has 0 heterocycles. The van der Waals surface area contributed by atoms with Gasteiger partial charge in [-0.25, -0.2) is 0 Å². The first-order valence-corrected chi connectivity index (χ1v) is 8.22. The number of nitriles is 1. The Morgan fingerprint density at radius 2 is 1.53 bits per heavy atom. The average Bonchev–Trinajstić information content (AvgIpc) is 2.56. The van der Waals surface area contributed by atoms with Crippen LogP contribution in [0.3, 0.4) is 0 Å². The molecule has 2 heteroatoms. The Bertz CT molecular complexity index is 263. The van der Waals surface area contributed by atoms with Crippen molar-refractivity contribution in [3.63, 3.8) is 0 Å². The van der Waals surface area contributed by atoms with E-state index in [2.05, 4.69) is 12.3 Å². The molecule has 0 aliphatic heterocycles. The largest absolute Gasteiger partial charge is 0.185 e. The summed E-state index contributed by atoms with van der Waals surface area (Å²) in [6.07, 6.45) is 12.7. The summed E-state index contributed by atoms with van der Waals surface area (Å²) >= 11 is 1.51. The molecule has 0 saturated heterocycles. The Balaban J connectivity index is 1.78. The highest BCUT2D eigenvalue weighted by molar-refractivity contribution is 8.04. The molecular weight excluding hydrogens is 226 g/mol. The van der Waals surface area contributed by atoms with Gasteiger partial charge in [0.25, 0.3) is 0 Å². The van der Waals surface area contributed by atoms with Crippen LogP contribution in [0.2, 0.25) is 0 Å². The van der Waals surface area contributed by atoms with E-state index in [0.717, 1.165) is 17.8 Å². The molecule has 0 spiro atoms. The third-order valence-corrected chi connectivity index (χ3v) is 5.82. The van der Waals surface area contributed by atoms with E-state index in [1.54, 1.807) is 0 Å². The van der Waals surface area contributed by atoms with Crippen LogP contribution in [0.4, 0.5) is 0 Å². The van der Waals surface area contributed by atoms with Crippen molar-refractivity contribution >= 4 is 11.8 Å². The van der Waals surface area contributed by atoms with Gasteiger partial charge in [0.05, 0.1) is 0 Å². The molecule has 17 heavy (non-hydrogen) atoms. The lowest BCUT2D eigenvalue weighted by Gasteiger charge is -2.32. The van der Waals surface area contributed by atoms with E-state index in [-0.39, 0.29) is 0 Å². The highest BCUT2D eigenvalue weighted by atomic mass is 32.2. The van der Waals surface area contributed by atoms with Crippen molar-refractivity contribution in [3.05, 3.63) is 0 Å². The maximum Gasteiger partial charge on any atom is 0.133 e. The summed E-state index contributed by atoms with van der Waals surface area (Å²) in [6.45, 7) is 2.42. The van der Waals surface area contributed by atoms with Crippen LogP contribution in [0.25, 0.3) is 0 Å². The maximum absolute atomic E-state index is 8.71. The van der Waals surface area contributed by atoms with Crippen LogP contribution < -0.4 is 0 Å². The fraction of sp³-hybridized carbons (Fsp3) is 0.933. The van der Waals surface area contributed by atoms with Gasteiger partial charge < -0.3 is 0 Å². The summed E-state index contributed by atoms with van der Waals surface area (Å²) in [4.78, 5) is 0. The predicted molar refractivity (Wildman–Crippen MR) is 74.7 cm³/mol. The average molecular weight is 251 g/mol. The second kappa shape index (κ2) is 6.69. The van der Waals surface area contributed by atoms with Crippen LogP contribution in [0.5, 0.6) is 0 Å². The Morgan fingerprint density at radius 1 is 0.882 bits per heavy atom. The molecule has 0 aromatic carbocycles. The molecule has 2 fully saturated rings. The summed E-state index contributed by atoms with van der Waals surface area (Å²) in [5.74, 6) is 2.95. The molecule has 2 rings (SSSR count). The van der Waals surface area contributed by atoms with Crippen molar-refractivity contribution in [1.29, 1.82) is 5.26 Å². The smallest absolute Gasteiger partial charge is 0.133 e. The van der Waals surface area contributed by atoms with Crippen molar-refractivity contribution in [3.8, 4) is 5.40 Å². The molecule has 2 aliphatic carbocycles. The van der Waals surface area contributed by atoms with E-state index >= 15 is 0 Å². The van der Waals surface area contributed by atoms with Crippen molar-refractivity contribution < 1.29 is 0 Å². The Labute approximate surface area is 110 Å². The van der Waals surface area contributed by atoms with Crippen molar-refractivity contribution in [1.82, 2.24) is 0 Å². The Kier molecular flexibility index (Phi) is 5.22. The predicted octanol–water partition coefficient (Wildman–Crippen LogP) is 4.98. The molecule has 0 aromatic rings. The molecule has 0 N–H and O–H groups in total. The molecule has 96 valence electrons. The molecule has 2 saturated carbocycles. The first kappa shape index (κ1) is 13.3. The normalized spacial score (nSPS) is 39.3. The standard InChI is InChI=1S/C15H25NS/c1-12-3-2-4-13(6-5-12)14-7-9-15(10-8-14)17-11-16/h12-15H,2-10H2,1H3. The first-order valence-electron chi connectivity index (χ1n) is 7.34. The zero-order valence-electron chi connectivity index (χ0n) is 11.0. The molecule has 0 aromatic heterocycles. The lowest BCUT2D eigenvalue weighted by molar-refractivity contribution is 0.229. The fourth-order valence-electron chi connectivity index (χ4n) is 3.74. The van der Waals surface area contributed by atoms with Crippen molar-refractivity contribution in [2.24, 2.45) is 17.8 Å². The lowest BCUT2D eigenvalue weighted by atomic mass is 9.76. The Morgan fingerprint density at radius 3 is 2.24 bits per heavy atom. The van der Waals surface area contributed by atoms with Crippen LogP contribution in [0.15, 0.2) is 0 Å². The molecule has 2 atom stereocenters. The molecule has 2 aliphatic rings. The third-order valence-electron chi connectivity index (χ3n) is 4.91. The molecule has 2 unspecified atom stereocenters. The molecule has 0 bridgehead atoms. The maximum atomic E-state index is 8.71. The van der Waals surface area contributed by atoms with Gasteiger partial charge in [-0.3, -0.25) is 0 Å². The van der Waals surface area contributed by atoms with Gasteiger partial charge in [0.2, 0.25) is 0 Å². The minimum atomic E-state index is 0.640. The van der Waals surface area contributed by atoms with Crippen molar-refractivity contribution in [2.45, 2.75) is 70.0 Å². The van der Waals surface area contributed by atoms with Crippen LogP contribution in [-0.2, 0) is 0 Å². The van der Waals surface area contributed by atoms with Crippen LogP contribution in [-0.4, -0.2) is 5.25 Å². The monoisotopic (exact) mass is 251 g/mol. The van der Waals surface area contributed by atoms with Gasteiger partial charge in [-0.1, -0.05) is 32.6 Å². The zero-order valence-corrected chi connectivity index (χ0v) is 11.8. The summed E-state index contributed by atoms with van der Waals surface area (Å²) < 4.78 is 0. The third kappa shape index (κ3) is 3.91. The van der Waals surface area contributed by atoms with Gasteiger partial charge in [0, 0.05) is 5.25 Å². The number of thioether (sulfide) groups is 1. The minimum Gasteiger partial charge on any atom is -0.185 e. The van der Waals surface area contributed by atoms with Gasteiger partial charge in [0.15, 0.2) is 0 Å². The van der Waals surface area contributed by atoms with Crippen LogP contribution in [0.1, 0.15) is 64.7 Å². The topological polar surface area (TPSA) is 23.8 Å². The summed E-state index contributed by atoms with van der Waals surface area (Å²) in [5, 5.41) is 11.6. The first-order chi connectivity index (χ1) is 8.29. The van der Waals surface area contributed by atoms with Crippen LogP contribution >= 0.6 is 11.8 Å². The fourth-order valence-corrected chi connectivity index (χ4v) is 4.40. The van der Waals surface area contributed by atoms with Gasteiger partial charge in [0.1, 0.15) is 5.40 Å². The van der Waals surface area contributed by atoms with E-state index in [1.165, 1.54) is 69.5 Å². The minimum absolute atomic E-state index is 0.640. The molecule has 0 amide bonds. The number of nitrogens with zero attached hydrogens (tertiary/aromatic N) is 1. The van der Waals surface area contributed by atoms with Gasteiger partial charge in [-0.15, -0.1) is 0 Å². The number of hydrogen-bond acceptors (Lipinski definition) is 2. The summed E-state index contributed by atoms with van der Waals surface area (Å²) in [6, 6.07) is 0. The number of thiocyanates is 1. The van der Waals surface area contributed by atoms with Crippen LogP contribution in [0, 0.1) is 28.4 Å². The van der Waals surface area contributed by atoms with Gasteiger partial charge >= 0.3 is 0 Å².